The van der Waals surface area contributed by atoms with Gasteiger partial charge in [-0.1, -0.05) is 55.8 Å². The third-order valence-electron chi connectivity index (χ3n) is 3.76. The van der Waals surface area contributed by atoms with Crippen molar-refractivity contribution >= 4 is 22.4 Å². The number of aryl methyl sites for hydroxylation is 1. The van der Waals surface area contributed by atoms with E-state index in [0.717, 1.165) is 29.3 Å². The summed E-state index contributed by atoms with van der Waals surface area (Å²) in [6, 6.07) is 21.9. The van der Waals surface area contributed by atoms with Crippen molar-refractivity contribution in [1.82, 2.24) is 0 Å². The molecule has 0 saturated heterocycles. The number of hydrogen-bond acceptors (Lipinski definition) is 1. The van der Waals surface area contributed by atoms with Crippen LogP contribution in [0.1, 0.15) is 29.3 Å². The lowest BCUT2D eigenvalue weighted by molar-refractivity contribution is 0.102. The molecule has 0 unspecified atom stereocenters. The average molecular weight is 289 g/mol. The van der Waals surface area contributed by atoms with Gasteiger partial charge in [0.25, 0.3) is 5.91 Å². The van der Waals surface area contributed by atoms with Crippen molar-refractivity contribution in [3.63, 3.8) is 0 Å². The van der Waals surface area contributed by atoms with Gasteiger partial charge in [0.2, 0.25) is 0 Å². The monoisotopic (exact) mass is 289 g/mol. The molecule has 0 aliphatic rings. The number of carbonyl (C=O) groups excluding carboxylic acids is 1. The van der Waals surface area contributed by atoms with Gasteiger partial charge in [0.1, 0.15) is 0 Å². The number of fused-ring (bicyclic) bond motifs is 1. The number of hydrogen-bond donors (Lipinski definition) is 1. The lowest BCUT2D eigenvalue weighted by Crippen LogP contribution is -2.11. The molecule has 0 fully saturated rings. The lowest BCUT2D eigenvalue weighted by Gasteiger charge is -2.07. The maximum atomic E-state index is 12.4. The van der Waals surface area contributed by atoms with E-state index in [1.165, 1.54) is 5.56 Å². The Kier molecular flexibility index (Phi) is 4.19. The second-order valence-corrected chi connectivity index (χ2v) is 5.46. The fraction of sp³-hybridized carbons (Fsp3) is 0.150. The van der Waals surface area contributed by atoms with Gasteiger partial charge < -0.3 is 5.32 Å². The van der Waals surface area contributed by atoms with E-state index in [1.807, 2.05) is 54.6 Å². The van der Waals surface area contributed by atoms with E-state index in [-0.39, 0.29) is 5.91 Å². The van der Waals surface area contributed by atoms with Gasteiger partial charge in [-0.05, 0) is 47.0 Å². The average Bonchev–Trinajstić information content (AvgIpc) is 2.56. The summed E-state index contributed by atoms with van der Waals surface area (Å²) in [7, 11) is 0. The normalized spacial score (nSPS) is 10.6. The van der Waals surface area contributed by atoms with Crippen LogP contribution in [0, 0.1) is 0 Å². The number of nitrogens with one attached hydrogen (secondary N) is 1. The zero-order valence-corrected chi connectivity index (χ0v) is 12.7. The molecule has 1 N–H and O–H groups in total. The number of benzene rings is 3. The van der Waals surface area contributed by atoms with E-state index in [0.29, 0.717) is 5.56 Å². The Morgan fingerprint density at radius 2 is 1.64 bits per heavy atom. The molecule has 0 heterocycles. The molecule has 110 valence electrons. The van der Waals surface area contributed by atoms with Crippen molar-refractivity contribution in [2.75, 3.05) is 5.32 Å². The molecule has 0 radical (unpaired) electrons. The predicted molar refractivity (Wildman–Crippen MR) is 92.3 cm³/mol. The Hall–Kier alpha value is -2.61. The molecule has 0 bridgehead atoms. The smallest absolute Gasteiger partial charge is 0.255 e. The SMILES string of the molecule is CCCc1ccc(NC(=O)c2ccc3ccccc3c2)cc1. The highest BCUT2D eigenvalue weighted by Gasteiger charge is 2.06. The molecule has 0 atom stereocenters. The van der Waals surface area contributed by atoms with Crippen molar-refractivity contribution in [2.24, 2.45) is 0 Å². The highest BCUT2D eigenvalue weighted by Crippen LogP contribution is 2.17. The number of amides is 1. The summed E-state index contributed by atoms with van der Waals surface area (Å²) >= 11 is 0. The largest absolute Gasteiger partial charge is 0.322 e. The van der Waals surface area contributed by atoms with Crippen molar-refractivity contribution in [2.45, 2.75) is 19.8 Å². The first-order valence-electron chi connectivity index (χ1n) is 7.65. The molecule has 0 saturated carbocycles. The van der Waals surface area contributed by atoms with Crippen molar-refractivity contribution in [3.05, 3.63) is 77.9 Å². The number of carbonyl (C=O) groups is 1. The Balaban J connectivity index is 1.77. The molecule has 0 aliphatic carbocycles. The first-order chi connectivity index (χ1) is 10.8. The Morgan fingerprint density at radius 3 is 2.36 bits per heavy atom. The molecule has 3 aromatic rings. The summed E-state index contributed by atoms with van der Waals surface area (Å²) < 4.78 is 0. The van der Waals surface area contributed by atoms with Gasteiger partial charge in [0, 0.05) is 11.3 Å². The van der Waals surface area contributed by atoms with Gasteiger partial charge in [-0.15, -0.1) is 0 Å². The molecular formula is C20H19NO. The van der Waals surface area contributed by atoms with Crippen LogP contribution in [0.25, 0.3) is 10.8 Å². The first kappa shape index (κ1) is 14.3. The standard InChI is InChI=1S/C20H19NO/c1-2-5-15-8-12-19(13-9-15)21-20(22)18-11-10-16-6-3-4-7-17(16)14-18/h3-4,6-14H,2,5H2,1H3,(H,21,22). The third kappa shape index (κ3) is 3.17. The van der Waals surface area contributed by atoms with Crippen LogP contribution in [0.4, 0.5) is 5.69 Å². The van der Waals surface area contributed by atoms with Gasteiger partial charge >= 0.3 is 0 Å². The van der Waals surface area contributed by atoms with Crippen LogP contribution in [-0.4, -0.2) is 5.91 Å². The summed E-state index contributed by atoms with van der Waals surface area (Å²) in [4.78, 5) is 12.4. The second-order valence-electron chi connectivity index (χ2n) is 5.46. The van der Waals surface area contributed by atoms with Gasteiger partial charge in [-0.2, -0.15) is 0 Å². The van der Waals surface area contributed by atoms with E-state index < -0.39 is 0 Å². The number of rotatable bonds is 4. The minimum absolute atomic E-state index is 0.0750. The second kappa shape index (κ2) is 6.44. The van der Waals surface area contributed by atoms with Gasteiger partial charge in [0.05, 0.1) is 0 Å². The van der Waals surface area contributed by atoms with Gasteiger partial charge in [-0.25, -0.2) is 0 Å². The van der Waals surface area contributed by atoms with Crippen LogP contribution >= 0.6 is 0 Å². The fourth-order valence-electron chi connectivity index (χ4n) is 2.58. The third-order valence-corrected chi connectivity index (χ3v) is 3.76. The molecular weight excluding hydrogens is 270 g/mol. The van der Waals surface area contributed by atoms with E-state index in [2.05, 4.69) is 24.4 Å². The summed E-state index contributed by atoms with van der Waals surface area (Å²) in [5.41, 5.74) is 2.81. The molecule has 2 heteroatoms. The highest BCUT2D eigenvalue weighted by atomic mass is 16.1. The summed E-state index contributed by atoms with van der Waals surface area (Å²) in [6.07, 6.45) is 2.20. The molecule has 1 amide bonds. The summed E-state index contributed by atoms with van der Waals surface area (Å²) in [5, 5.41) is 5.17. The van der Waals surface area contributed by atoms with E-state index in [4.69, 9.17) is 0 Å². The van der Waals surface area contributed by atoms with Gasteiger partial charge in [0.15, 0.2) is 0 Å². The number of anilines is 1. The maximum absolute atomic E-state index is 12.4. The lowest BCUT2D eigenvalue weighted by atomic mass is 10.1. The van der Waals surface area contributed by atoms with Crippen molar-refractivity contribution < 1.29 is 4.79 Å². The minimum Gasteiger partial charge on any atom is -0.322 e. The molecule has 0 aliphatic heterocycles. The Labute approximate surface area is 130 Å². The Morgan fingerprint density at radius 1 is 0.909 bits per heavy atom. The van der Waals surface area contributed by atoms with Crippen molar-refractivity contribution in [1.29, 1.82) is 0 Å². The van der Waals surface area contributed by atoms with Crippen LogP contribution in [0.3, 0.4) is 0 Å². The van der Waals surface area contributed by atoms with E-state index in [1.54, 1.807) is 0 Å². The van der Waals surface area contributed by atoms with Crippen LogP contribution in [-0.2, 0) is 6.42 Å². The zero-order chi connectivity index (χ0) is 15.4. The van der Waals surface area contributed by atoms with Crippen molar-refractivity contribution in [3.8, 4) is 0 Å². The molecule has 3 rings (SSSR count). The van der Waals surface area contributed by atoms with E-state index >= 15 is 0 Å². The quantitative estimate of drug-likeness (QED) is 0.716. The predicted octanol–water partition coefficient (Wildman–Crippen LogP) is 5.04. The summed E-state index contributed by atoms with van der Waals surface area (Å²) in [6.45, 7) is 2.16. The molecule has 3 aromatic carbocycles. The van der Waals surface area contributed by atoms with Crippen LogP contribution in [0.2, 0.25) is 0 Å². The van der Waals surface area contributed by atoms with Crippen LogP contribution in [0.5, 0.6) is 0 Å². The molecule has 2 nitrogen and oxygen atoms in total. The molecule has 0 aromatic heterocycles. The van der Waals surface area contributed by atoms with Crippen LogP contribution < -0.4 is 5.32 Å². The molecule has 0 spiro atoms. The molecule has 22 heavy (non-hydrogen) atoms. The van der Waals surface area contributed by atoms with Crippen LogP contribution in [0.15, 0.2) is 66.7 Å². The summed E-state index contributed by atoms with van der Waals surface area (Å²) in [5.74, 6) is -0.0750. The highest BCUT2D eigenvalue weighted by molar-refractivity contribution is 6.06. The van der Waals surface area contributed by atoms with Gasteiger partial charge in [-0.3, -0.25) is 4.79 Å². The Bertz CT molecular complexity index is 790. The maximum Gasteiger partial charge on any atom is 0.255 e. The van der Waals surface area contributed by atoms with E-state index in [9.17, 15) is 4.79 Å². The first-order valence-corrected chi connectivity index (χ1v) is 7.65. The zero-order valence-electron chi connectivity index (χ0n) is 12.7. The fourth-order valence-corrected chi connectivity index (χ4v) is 2.58. The minimum atomic E-state index is -0.0750. The topological polar surface area (TPSA) is 29.1 Å².